The van der Waals surface area contributed by atoms with Crippen molar-refractivity contribution in [2.75, 3.05) is 12.4 Å². The number of carbonyl (C=O) groups is 2. The van der Waals surface area contributed by atoms with E-state index in [1.807, 2.05) is 20.8 Å². The third-order valence-corrected chi connectivity index (χ3v) is 6.91. The molecule has 1 atom stereocenters. The lowest BCUT2D eigenvalue weighted by Crippen LogP contribution is -2.46. The second-order valence-electron chi connectivity index (χ2n) is 9.22. The molecule has 192 valence electrons. The molecule has 2 amide bonds. The molecule has 3 aromatic rings. The van der Waals surface area contributed by atoms with Crippen molar-refractivity contribution >= 4 is 33.7 Å². The van der Waals surface area contributed by atoms with E-state index in [0.29, 0.717) is 40.4 Å². The maximum atomic E-state index is 13.8. The maximum absolute atomic E-state index is 13.8. The number of nitrogens with zero attached hydrogens (tertiary/aromatic N) is 5. The summed E-state index contributed by atoms with van der Waals surface area (Å²) in [6.45, 7) is 5.93. The van der Waals surface area contributed by atoms with Crippen LogP contribution in [-0.2, 0) is 20.0 Å². The monoisotopic (exact) mass is 565 g/mol. The van der Waals surface area contributed by atoms with Gasteiger partial charge in [0.25, 0.3) is 17.4 Å². The minimum atomic E-state index is -0.317. The minimum Gasteiger partial charge on any atom is -0.354 e. The van der Waals surface area contributed by atoms with Crippen molar-refractivity contribution in [2.24, 2.45) is 7.05 Å². The Balaban J connectivity index is 1.79. The molecule has 2 N–H and O–H groups in total. The summed E-state index contributed by atoms with van der Waals surface area (Å²) in [7, 11) is 3.17. The average molecular weight is 566 g/mol. The topological polar surface area (TPSA) is 114 Å². The van der Waals surface area contributed by atoms with Gasteiger partial charge in [-0.2, -0.15) is 5.10 Å². The fourth-order valence-corrected chi connectivity index (χ4v) is 4.70. The molecule has 0 fully saturated rings. The zero-order chi connectivity index (χ0) is 27.0. The molecule has 0 bridgehead atoms. The second kappa shape index (κ2) is 10.2. The van der Waals surface area contributed by atoms with Crippen LogP contribution in [-0.4, -0.2) is 55.2 Å². The fourth-order valence-electron chi connectivity index (χ4n) is 4.33. The second-order valence-corrected chi connectivity index (χ2v) is 10.1. The Hall–Kier alpha value is -3.91. The summed E-state index contributed by atoms with van der Waals surface area (Å²) in [5, 5.41) is 10.2. The number of terminal acetylenes is 1. The first-order valence-electron chi connectivity index (χ1n) is 11.8. The normalized spacial score (nSPS) is 14.8. The van der Waals surface area contributed by atoms with Gasteiger partial charge in [0.1, 0.15) is 5.69 Å². The van der Waals surface area contributed by atoms with Crippen molar-refractivity contribution in [3.63, 3.8) is 0 Å². The maximum Gasteiger partial charge on any atom is 0.269 e. The molecule has 11 heteroatoms. The highest BCUT2D eigenvalue weighted by Crippen LogP contribution is 2.26. The Kier molecular flexibility index (Phi) is 7.23. The van der Waals surface area contributed by atoms with Crippen LogP contribution in [0.25, 0.3) is 5.82 Å². The van der Waals surface area contributed by atoms with Crippen LogP contribution in [0.2, 0.25) is 0 Å². The molecule has 4 rings (SSSR count). The molecule has 0 saturated heterocycles. The molecule has 10 nitrogen and oxygen atoms in total. The highest BCUT2D eigenvalue weighted by molar-refractivity contribution is 9.10. The van der Waals surface area contributed by atoms with E-state index in [4.69, 9.17) is 11.4 Å². The molecule has 1 aliphatic rings. The van der Waals surface area contributed by atoms with E-state index in [0.717, 1.165) is 4.47 Å². The molecular weight excluding hydrogens is 538 g/mol. The van der Waals surface area contributed by atoms with E-state index in [9.17, 15) is 14.4 Å². The third kappa shape index (κ3) is 4.89. The zero-order valence-electron chi connectivity index (χ0n) is 21.3. The number of nitrogens with one attached hydrogen (secondary N) is 2. The summed E-state index contributed by atoms with van der Waals surface area (Å²) in [5.41, 5.74) is 2.11. The lowest BCUT2D eigenvalue weighted by Gasteiger charge is -2.34. The lowest BCUT2D eigenvalue weighted by molar-refractivity contribution is 0.0653. The van der Waals surface area contributed by atoms with Gasteiger partial charge in [0.15, 0.2) is 5.82 Å². The predicted molar refractivity (Wildman–Crippen MR) is 144 cm³/mol. The van der Waals surface area contributed by atoms with Gasteiger partial charge in [0.05, 0.1) is 12.2 Å². The summed E-state index contributed by atoms with van der Waals surface area (Å²) in [6, 6.07) is 6.41. The first-order valence-corrected chi connectivity index (χ1v) is 12.6. The highest BCUT2D eigenvalue weighted by atomic mass is 79.9. The average Bonchev–Trinajstić information content (AvgIpc) is 3.24. The molecule has 1 aliphatic heterocycles. The number of rotatable bonds is 5. The van der Waals surface area contributed by atoms with E-state index in [1.165, 1.54) is 16.3 Å². The van der Waals surface area contributed by atoms with E-state index in [-0.39, 0.29) is 41.8 Å². The van der Waals surface area contributed by atoms with Gasteiger partial charge in [-0.15, -0.1) is 6.42 Å². The van der Waals surface area contributed by atoms with Crippen LogP contribution in [0.4, 0.5) is 5.95 Å². The summed E-state index contributed by atoms with van der Waals surface area (Å²) in [6.07, 6.45) is 5.89. The van der Waals surface area contributed by atoms with Crippen molar-refractivity contribution < 1.29 is 9.59 Å². The van der Waals surface area contributed by atoms with Crippen molar-refractivity contribution in [3.8, 4) is 18.2 Å². The van der Waals surface area contributed by atoms with Crippen LogP contribution in [0, 0.1) is 12.3 Å². The summed E-state index contributed by atoms with van der Waals surface area (Å²) in [5.74, 6) is 2.65. The van der Waals surface area contributed by atoms with E-state index in [2.05, 4.69) is 37.6 Å². The number of halogens is 1. The number of fused-ring (bicyclic) bond motifs is 1. The Labute approximate surface area is 223 Å². The Morgan fingerprint density at radius 1 is 1.27 bits per heavy atom. The van der Waals surface area contributed by atoms with Crippen molar-refractivity contribution in [3.05, 3.63) is 67.2 Å². The van der Waals surface area contributed by atoms with Crippen molar-refractivity contribution in [2.45, 2.75) is 45.8 Å². The van der Waals surface area contributed by atoms with Gasteiger partial charge in [-0.1, -0.05) is 5.92 Å². The van der Waals surface area contributed by atoms with Gasteiger partial charge in [0, 0.05) is 53.4 Å². The van der Waals surface area contributed by atoms with Gasteiger partial charge >= 0.3 is 0 Å². The van der Waals surface area contributed by atoms with E-state index in [1.54, 1.807) is 36.2 Å². The molecule has 0 spiro atoms. The molecule has 1 aromatic carbocycles. The third-order valence-electron chi connectivity index (χ3n) is 6.22. The van der Waals surface area contributed by atoms with Gasteiger partial charge in [-0.3, -0.25) is 19.1 Å². The van der Waals surface area contributed by atoms with Crippen molar-refractivity contribution in [1.29, 1.82) is 0 Å². The first kappa shape index (κ1) is 26.2. The van der Waals surface area contributed by atoms with Gasteiger partial charge < -0.3 is 15.5 Å². The number of amides is 2. The van der Waals surface area contributed by atoms with Gasteiger partial charge in [-0.25, -0.2) is 9.55 Å². The number of anilines is 1. The number of aryl methyl sites for hydroxylation is 1. The first-order chi connectivity index (χ1) is 17.5. The van der Waals surface area contributed by atoms with E-state index < -0.39 is 0 Å². The van der Waals surface area contributed by atoms with Crippen LogP contribution < -0.4 is 16.2 Å². The molecule has 1 unspecified atom stereocenters. The van der Waals surface area contributed by atoms with Crippen LogP contribution >= 0.6 is 15.9 Å². The lowest BCUT2D eigenvalue weighted by atomic mass is 9.98. The Bertz CT molecular complexity index is 1500. The van der Waals surface area contributed by atoms with Gasteiger partial charge in [-0.05, 0) is 61.3 Å². The van der Waals surface area contributed by atoms with Crippen molar-refractivity contribution in [1.82, 2.24) is 29.5 Å². The molecule has 3 heterocycles. The number of carbonyl (C=O) groups excluding carboxylic acids is 2. The minimum absolute atomic E-state index is 0.0384. The molecule has 0 saturated carbocycles. The molecule has 0 radical (unpaired) electrons. The number of hydrogen-bond acceptors (Lipinski definition) is 6. The predicted octanol–water partition coefficient (Wildman–Crippen LogP) is 2.48. The molecule has 2 aromatic heterocycles. The van der Waals surface area contributed by atoms with Crippen LogP contribution in [0.1, 0.15) is 58.4 Å². The number of aromatic nitrogens is 4. The summed E-state index contributed by atoms with van der Waals surface area (Å²) < 4.78 is 3.55. The Morgan fingerprint density at radius 3 is 2.65 bits per heavy atom. The van der Waals surface area contributed by atoms with Crippen LogP contribution in [0.5, 0.6) is 0 Å². The number of benzene rings is 1. The largest absolute Gasteiger partial charge is 0.354 e. The summed E-state index contributed by atoms with van der Waals surface area (Å²) >= 11 is 3.40. The number of hydrogen-bond donors (Lipinski definition) is 2. The van der Waals surface area contributed by atoms with Gasteiger partial charge in [0.2, 0.25) is 5.95 Å². The summed E-state index contributed by atoms with van der Waals surface area (Å²) in [4.78, 5) is 45.9. The Morgan fingerprint density at radius 2 is 2.00 bits per heavy atom. The molecule has 37 heavy (non-hydrogen) atoms. The smallest absolute Gasteiger partial charge is 0.269 e. The van der Waals surface area contributed by atoms with Crippen LogP contribution in [0.3, 0.4) is 0 Å². The van der Waals surface area contributed by atoms with Crippen LogP contribution in [0.15, 0.2) is 33.5 Å². The molecular formula is C26H28BrN7O3. The molecule has 0 aliphatic carbocycles. The standard InChI is InChI=1S/C26H28BrN7O3/c1-7-16-11-17(8-9-19(16)27)24(36)33-13-20-18(10-15(33)4)25(37)34(26(30-20)29-14(2)3)22-12-21(23(35)28-5)32(6)31-22/h1,8-9,11-12,14-15H,10,13H2,2-6H3,(H,28,35)(H,29,30). The quantitative estimate of drug-likeness (QED) is 0.459. The SMILES string of the molecule is C#Cc1cc(C(=O)N2Cc3nc(NC(C)C)n(-c4cc(C(=O)NC)n(C)n4)c(=O)c3CC2C)ccc1Br. The zero-order valence-corrected chi connectivity index (χ0v) is 22.9. The highest BCUT2D eigenvalue weighted by Gasteiger charge is 2.32. The van der Waals surface area contributed by atoms with E-state index >= 15 is 0 Å². The fraction of sp³-hybridized carbons (Fsp3) is 0.346.